The van der Waals surface area contributed by atoms with Gasteiger partial charge in [0.15, 0.2) is 0 Å². The molecule has 0 spiro atoms. The lowest BCUT2D eigenvalue weighted by molar-refractivity contribution is 0.590. The highest BCUT2D eigenvalue weighted by atomic mass is 15.2. The van der Waals surface area contributed by atoms with E-state index in [2.05, 4.69) is 342 Å². The first-order chi connectivity index (χ1) is 40.7. The van der Waals surface area contributed by atoms with Gasteiger partial charge in [0, 0.05) is 45.0 Å². The van der Waals surface area contributed by atoms with Crippen molar-refractivity contribution in [3.63, 3.8) is 0 Å². The predicted octanol–water partition coefficient (Wildman–Crippen LogP) is 21.0. The van der Waals surface area contributed by atoms with Crippen LogP contribution in [0.4, 0.5) is 34.1 Å². The van der Waals surface area contributed by atoms with Crippen LogP contribution in [0, 0.1) is 0 Å². The fourth-order valence-corrected chi connectivity index (χ4v) is 13.3. The van der Waals surface area contributed by atoms with Gasteiger partial charge in [0.1, 0.15) is 0 Å². The highest BCUT2D eigenvalue weighted by molar-refractivity contribution is 7.00. The molecule has 0 aromatic heterocycles. The molecule has 11 aromatic carbocycles. The molecule has 2 nitrogen and oxygen atoms in total. The first kappa shape index (κ1) is 55.3. The van der Waals surface area contributed by atoms with E-state index in [0.29, 0.717) is 0 Å². The Morgan fingerprint density at radius 3 is 0.929 bits per heavy atom. The molecule has 0 bridgehead atoms. The van der Waals surface area contributed by atoms with Gasteiger partial charge >= 0.3 is 0 Å². The van der Waals surface area contributed by atoms with Crippen molar-refractivity contribution < 1.29 is 0 Å². The van der Waals surface area contributed by atoms with Gasteiger partial charge in [-0.1, -0.05) is 283 Å². The Morgan fingerprint density at radius 2 is 0.565 bits per heavy atom. The first-order valence-electron chi connectivity index (χ1n) is 30.5. The largest absolute Gasteiger partial charge is 0.310 e. The molecular formula is C82H77BN2. The van der Waals surface area contributed by atoms with E-state index in [0.717, 1.165) is 0 Å². The highest BCUT2D eigenvalue weighted by Gasteiger charge is 2.46. The van der Waals surface area contributed by atoms with Crippen LogP contribution in [0.1, 0.15) is 105 Å². The molecular weight excluding hydrogens is 1020 g/mol. The molecule has 0 fully saturated rings. The zero-order valence-electron chi connectivity index (χ0n) is 51.6. The van der Waals surface area contributed by atoms with Crippen LogP contribution >= 0.6 is 0 Å². The summed E-state index contributed by atoms with van der Waals surface area (Å²) in [5, 5.41) is 0. The first-order valence-corrected chi connectivity index (χ1v) is 30.5. The molecule has 0 radical (unpaired) electrons. The van der Waals surface area contributed by atoms with Crippen LogP contribution in [0.15, 0.2) is 249 Å². The van der Waals surface area contributed by atoms with E-state index in [1.807, 2.05) is 0 Å². The van der Waals surface area contributed by atoms with Gasteiger partial charge in [0.05, 0.1) is 11.4 Å². The molecule has 0 N–H and O–H groups in total. The Morgan fingerprint density at radius 1 is 0.247 bits per heavy atom. The maximum atomic E-state index is 2.71. The maximum Gasteiger partial charge on any atom is 0.252 e. The van der Waals surface area contributed by atoms with Crippen molar-refractivity contribution in [3.8, 4) is 66.8 Å². The SMILES string of the molecule is CC(C)(C)c1cc(-c2ccccc2)c(N2c3ccc(-c4ccccc4)cc3B3c4cc(-c5ccccc5C(C)(C)C)ccc4N(c4c(-c5ccccc5)cc(C(C)(C)C)cc4-c4ccccc4)c4cc(C(C)(C)C)cc2c43)c(-c2ccccc2)c1. The van der Waals surface area contributed by atoms with Crippen molar-refractivity contribution in [2.24, 2.45) is 0 Å². The van der Waals surface area contributed by atoms with Crippen LogP contribution < -0.4 is 26.2 Å². The minimum Gasteiger partial charge on any atom is -0.310 e. The number of fused-ring (bicyclic) bond motifs is 4. The summed E-state index contributed by atoms with van der Waals surface area (Å²) >= 11 is 0. The summed E-state index contributed by atoms with van der Waals surface area (Å²) in [4.78, 5) is 5.41. The second kappa shape index (κ2) is 21.0. The lowest BCUT2D eigenvalue weighted by Crippen LogP contribution is -2.61. The lowest BCUT2D eigenvalue weighted by Gasteiger charge is -2.47. The topological polar surface area (TPSA) is 6.48 Å². The van der Waals surface area contributed by atoms with Gasteiger partial charge in [-0.25, -0.2) is 0 Å². The number of anilines is 6. The molecule has 0 aliphatic carbocycles. The Kier molecular flexibility index (Phi) is 13.7. The van der Waals surface area contributed by atoms with Crippen LogP contribution in [0.3, 0.4) is 0 Å². The van der Waals surface area contributed by atoms with E-state index >= 15 is 0 Å². The summed E-state index contributed by atoms with van der Waals surface area (Å²) in [7, 11) is 0. The van der Waals surface area contributed by atoms with Gasteiger partial charge in [-0.2, -0.15) is 0 Å². The summed E-state index contributed by atoms with van der Waals surface area (Å²) in [6.45, 7) is 28.1. The van der Waals surface area contributed by atoms with E-state index in [1.54, 1.807) is 0 Å². The predicted molar refractivity (Wildman–Crippen MR) is 368 cm³/mol. The molecule has 11 aromatic rings. The van der Waals surface area contributed by atoms with Gasteiger partial charge in [0.2, 0.25) is 0 Å². The molecule has 0 saturated heterocycles. The molecule has 3 heteroatoms. The molecule has 2 aliphatic rings. The molecule has 0 saturated carbocycles. The lowest BCUT2D eigenvalue weighted by atomic mass is 9.33. The van der Waals surface area contributed by atoms with Crippen LogP contribution in [0.2, 0.25) is 0 Å². The fraction of sp³-hybridized carbons (Fsp3) is 0.195. The third-order valence-corrected chi connectivity index (χ3v) is 17.8. The minimum atomic E-state index is -0.252. The van der Waals surface area contributed by atoms with Gasteiger partial charge in [0.25, 0.3) is 6.71 Å². The summed E-state index contributed by atoms with van der Waals surface area (Å²) in [5.41, 5.74) is 29.8. The van der Waals surface area contributed by atoms with E-state index in [4.69, 9.17) is 0 Å². The molecule has 0 amide bonds. The summed E-state index contributed by atoms with van der Waals surface area (Å²) in [6, 6.07) is 94.7. The van der Waals surface area contributed by atoms with E-state index in [9.17, 15) is 0 Å². The summed E-state index contributed by atoms with van der Waals surface area (Å²) < 4.78 is 0. The van der Waals surface area contributed by atoms with Crippen LogP contribution in [0.25, 0.3) is 66.8 Å². The van der Waals surface area contributed by atoms with Crippen LogP contribution in [0.5, 0.6) is 0 Å². The molecule has 13 rings (SSSR count). The number of nitrogens with zero attached hydrogens (tertiary/aromatic N) is 2. The van der Waals surface area contributed by atoms with Crippen molar-refractivity contribution in [1.29, 1.82) is 0 Å². The number of hydrogen-bond acceptors (Lipinski definition) is 2. The summed E-state index contributed by atoms with van der Waals surface area (Å²) in [6.07, 6.45) is 0. The average Bonchev–Trinajstić information content (AvgIpc) is 0.838. The van der Waals surface area contributed by atoms with E-state index in [-0.39, 0.29) is 28.4 Å². The zero-order chi connectivity index (χ0) is 59.2. The molecule has 418 valence electrons. The van der Waals surface area contributed by atoms with Gasteiger partial charge < -0.3 is 9.80 Å². The quantitative estimate of drug-likeness (QED) is 0.140. The normalized spacial score (nSPS) is 13.1. The van der Waals surface area contributed by atoms with Crippen LogP contribution in [-0.4, -0.2) is 6.71 Å². The van der Waals surface area contributed by atoms with Gasteiger partial charge in [-0.3, -0.25) is 0 Å². The number of rotatable bonds is 8. The summed E-state index contributed by atoms with van der Waals surface area (Å²) in [5.74, 6) is 0. The van der Waals surface area contributed by atoms with E-state index in [1.165, 1.54) is 140 Å². The minimum absolute atomic E-state index is 0.0936. The van der Waals surface area contributed by atoms with Crippen molar-refractivity contribution in [1.82, 2.24) is 0 Å². The second-order valence-electron chi connectivity index (χ2n) is 27.8. The molecule has 2 aliphatic heterocycles. The Bertz CT molecular complexity index is 4170. The Balaban J connectivity index is 1.25. The third-order valence-electron chi connectivity index (χ3n) is 17.8. The number of hydrogen-bond donors (Lipinski definition) is 0. The Labute approximate surface area is 506 Å². The smallest absolute Gasteiger partial charge is 0.252 e. The van der Waals surface area contributed by atoms with E-state index < -0.39 is 0 Å². The van der Waals surface area contributed by atoms with Crippen molar-refractivity contribution in [3.05, 3.63) is 271 Å². The fourth-order valence-electron chi connectivity index (χ4n) is 13.3. The molecule has 0 unspecified atom stereocenters. The van der Waals surface area contributed by atoms with Gasteiger partial charge in [-0.15, -0.1) is 0 Å². The standard InChI is InChI=1S/C82H77BN2/c1-79(2,3)61-48-65(55-32-20-14-21-33-55)77(66(49-61)56-34-22-15-23-35-56)84-72-44-42-59(54-30-18-13-19-31-54)46-70(72)83-71-47-60(64-40-28-29-41-69(64)82(10,11)12)43-45-73(71)85(75-53-63(81(7,8)9)52-74(84)76(75)83)78-67(57-36-24-16-25-37-57)50-62(80(4,5)6)51-68(78)58-38-26-17-27-39-58/h13-53H,1-12H3. The second-order valence-corrected chi connectivity index (χ2v) is 27.8. The van der Waals surface area contributed by atoms with Crippen LogP contribution in [-0.2, 0) is 21.7 Å². The van der Waals surface area contributed by atoms with Crippen molar-refractivity contribution >= 4 is 57.2 Å². The average molecular weight is 1100 g/mol. The zero-order valence-corrected chi connectivity index (χ0v) is 51.6. The number of benzene rings is 11. The van der Waals surface area contributed by atoms with Crippen molar-refractivity contribution in [2.45, 2.75) is 105 Å². The van der Waals surface area contributed by atoms with Gasteiger partial charge in [-0.05, 0) is 153 Å². The van der Waals surface area contributed by atoms with Crippen molar-refractivity contribution in [2.75, 3.05) is 9.80 Å². The Hall–Kier alpha value is -8.92. The maximum absolute atomic E-state index is 2.71. The highest BCUT2D eigenvalue weighted by Crippen LogP contribution is 2.55. The molecule has 0 atom stereocenters. The molecule has 85 heavy (non-hydrogen) atoms. The molecule has 2 heterocycles. The monoisotopic (exact) mass is 1100 g/mol. The third kappa shape index (κ3) is 10.0.